The highest BCUT2D eigenvalue weighted by Crippen LogP contribution is 2.26. The van der Waals surface area contributed by atoms with Gasteiger partial charge in [-0.2, -0.15) is 4.98 Å². The number of aromatic amines is 1. The lowest BCUT2D eigenvalue weighted by atomic mass is 10.3. The number of anilines is 2. The van der Waals surface area contributed by atoms with Crippen molar-refractivity contribution < 1.29 is 4.74 Å². The second kappa shape index (κ2) is 9.62. The van der Waals surface area contributed by atoms with Crippen LogP contribution in [0.1, 0.15) is 0 Å². The maximum absolute atomic E-state index is 13.0. The molecular weight excluding hydrogens is 467 g/mol. The smallest absolute Gasteiger partial charge is 0.334 e. The number of rotatable bonds is 7. The molecule has 0 saturated carbocycles. The standard InChI is InChI=1S/C22H20Cl2N6O3/c1-29(2)10-11-33-14-8-6-13(7-9-14)26-21-25-12-15-19(27-21)28-22(32)30(20(15)31)18-16(23)4-3-5-17(18)24/h3-9,12H,10-11H2,1-2H3,(H2,25,26,27,28,32). The highest BCUT2D eigenvalue weighted by molar-refractivity contribution is 6.37. The molecule has 4 rings (SSSR count). The summed E-state index contributed by atoms with van der Waals surface area (Å²) in [4.78, 5) is 38.8. The Bertz CT molecular complexity index is 1400. The minimum atomic E-state index is -0.716. The van der Waals surface area contributed by atoms with E-state index >= 15 is 0 Å². The summed E-state index contributed by atoms with van der Waals surface area (Å²) in [5.74, 6) is 0.956. The predicted octanol–water partition coefficient (Wildman–Crippen LogP) is 3.46. The van der Waals surface area contributed by atoms with E-state index in [1.54, 1.807) is 18.2 Å². The highest BCUT2D eigenvalue weighted by atomic mass is 35.5. The molecule has 0 saturated heterocycles. The maximum Gasteiger partial charge on any atom is 0.334 e. The van der Waals surface area contributed by atoms with E-state index in [0.29, 0.717) is 12.3 Å². The molecule has 0 aliphatic heterocycles. The number of benzene rings is 2. The first-order chi connectivity index (χ1) is 15.8. The van der Waals surface area contributed by atoms with Gasteiger partial charge in [0, 0.05) is 18.4 Å². The van der Waals surface area contributed by atoms with Crippen molar-refractivity contribution in [2.45, 2.75) is 0 Å². The van der Waals surface area contributed by atoms with Gasteiger partial charge in [0.15, 0.2) is 5.65 Å². The van der Waals surface area contributed by atoms with Crippen LogP contribution >= 0.6 is 23.2 Å². The predicted molar refractivity (Wildman–Crippen MR) is 130 cm³/mol. The number of fused-ring (bicyclic) bond motifs is 1. The van der Waals surface area contributed by atoms with Gasteiger partial charge in [-0.25, -0.2) is 14.3 Å². The Morgan fingerprint density at radius 3 is 2.45 bits per heavy atom. The fourth-order valence-corrected chi connectivity index (χ4v) is 3.65. The first-order valence-electron chi connectivity index (χ1n) is 9.94. The van der Waals surface area contributed by atoms with Crippen LogP contribution in [-0.4, -0.2) is 51.7 Å². The Labute approximate surface area is 198 Å². The lowest BCUT2D eigenvalue weighted by Gasteiger charge is -2.12. The molecule has 11 heteroatoms. The number of likely N-dealkylation sites (N-methyl/N-ethyl adjacent to an activating group) is 1. The monoisotopic (exact) mass is 486 g/mol. The van der Waals surface area contributed by atoms with E-state index in [1.807, 2.05) is 43.3 Å². The largest absolute Gasteiger partial charge is 0.492 e. The Hall–Kier alpha value is -3.40. The molecule has 0 unspecified atom stereocenters. The van der Waals surface area contributed by atoms with E-state index in [9.17, 15) is 9.59 Å². The van der Waals surface area contributed by atoms with Crippen molar-refractivity contribution in [3.8, 4) is 11.4 Å². The quantitative estimate of drug-likeness (QED) is 0.411. The van der Waals surface area contributed by atoms with Gasteiger partial charge in [0.2, 0.25) is 5.95 Å². The van der Waals surface area contributed by atoms with Crippen LogP contribution in [0.4, 0.5) is 11.6 Å². The van der Waals surface area contributed by atoms with E-state index in [-0.39, 0.29) is 32.7 Å². The van der Waals surface area contributed by atoms with Crippen molar-refractivity contribution in [3.05, 3.63) is 79.5 Å². The molecular formula is C22H20Cl2N6O3. The van der Waals surface area contributed by atoms with Crippen LogP contribution in [0, 0.1) is 0 Å². The van der Waals surface area contributed by atoms with E-state index in [1.165, 1.54) is 6.20 Å². The molecule has 4 aromatic rings. The SMILES string of the molecule is CN(C)CCOc1ccc(Nc2ncc3c(=O)n(-c4c(Cl)cccc4Cl)c(=O)[nH]c3n2)cc1. The number of aromatic nitrogens is 4. The zero-order valence-corrected chi connectivity index (χ0v) is 19.3. The summed E-state index contributed by atoms with van der Waals surface area (Å²) in [6, 6.07) is 12.0. The topological polar surface area (TPSA) is 105 Å². The molecule has 170 valence electrons. The van der Waals surface area contributed by atoms with Crippen LogP contribution < -0.4 is 21.3 Å². The fourth-order valence-electron chi connectivity index (χ4n) is 3.08. The molecule has 0 aliphatic carbocycles. The van der Waals surface area contributed by atoms with Crippen LogP contribution in [0.5, 0.6) is 5.75 Å². The Morgan fingerprint density at radius 1 is 1.09 bits per heavy atom. The summed E-state index contributed by atoms with van der Waals surface area (Å²) in [6.45, 7) is 1.39. The minimum absolute atomic E-state index is 0.0885. The second-order valence-corrected chi connectivity index (χ2v) is 8.21. The minimum Gasteiger partial charge on any atom is -0.492 e. The van der Waals surface area contributed by atoms with E-state index < -0.39 is 11.2 Å². The third-order valence-electron chi connectivity index (χ3n) is 4.73. The second-order valence-electron chi connectivity index (χ2n) is 7.40. The zero-order valence-electron chi connectivity index (χ0n) is 17.8. The zero-order chi connectivity index (χ0) is 23.5. The van der Waals surface area contributed by atoms with Crippen LogP contribution in [0.15, 0.2) is 58.3 Å². The summed E-state index contributed by atoms with van der Waals surface area (Å²) in [5, 5.41) is 3.49. The lowest BCUT2D eigenvalue weighted by molar-refractivity contribution is 0.261. The van der Waals surface area contributed by atoms with Gasteiger partial charge in [-0.05, 0) is 50.5 Å². The van der Waals surface area contributed by atoms with Gasteiger partial charge in [0.1, 0.15) is 17.7 Å². The number of nitrogens with zero attached hydrogens (tertiary/aromatic N) is 4. The summed E-state index contributed by atoms with van der Waals surface area (Å²) < 4.78 is 6.55. The van der Waals surface area contributed by atoms with E-state index in [0.717, 1.165) is 16.9 Å². The summed E-state index contributed by atoms with van der Waals surface area (Å²) in [6.07, 6.45) is 1.34. The number of halogens is 2. The average Bonchev–Trinajstić information content (AvgIpc) is 2.76. The van der Waals surface area contributed by atoms with Crippen molar-refractivity contribution in [2.75, 3.05) is 32.6 Å². The number of nitrogens with one attached hydrogen (secondary N) is 2. The normalized spacial score (nSPS) is 11.2. The van der Waals surface area contributed by atoms with Gasteiger partial charge in [-0.1, -0.05) is 29.3 Å². The third kappa shape index (κ3) is 5.00. The molecule has 0 fully saturated rings. The third-order valence-corrected chi connectivity index (χ3v) is 5.34. The highest BCUT2D eigenvalue weighted by Gasteiger charge is 2.16. The van der Waals surface area contributed by atoms with Crippen molar-refractivity contribution in [2.24, 2.45) is 0 Å². The average molecular weight is 487 g/mol. The molecule has 2 N–H and O–H groups in total. The van der Waals surface area contributed by atoms with Gasteiger partial charge in [-0.15, -0.1) is 0 Å². The lowest BCUT2D eigenvalue weighted by Crippen LogP contribution is -2.34. The summed E-state index contributed by atoms with van der Waals surface area (Å²) in [7, 11) is 3.96. The fraction of sp³-hybridized carbons (Fsp3) is 0.182. The van der Waals surface area contributed by atoms with Crippen LogP contribution in [0.2, 0.25) is 10.0 Å². The van der Waals surface area contributed by atoms with Crippen molar-refractivity contribution in [1.82, 2.24) is 24.4 Å². The molecule has 2 aromatic heterocycles. The molecule has 0 aliphatic rings. The van der Waals surface area contributed by atoms with Crippen LogP contribution in [0.25, 0.3) is 16.7 Å². The molecule has 33 heavy (non-hydrogen) atoms. The van der Waals surface area contributed by atoms with E-state index in [2.05, 4.69) is 20.3 Å². The Kier molecular flexibility index (Phi) is 6.64. The molecule has 0 amide bonds. The molecule has 0 radical (unpaired) electrons. The Morgan fingerprint density at radius 2 is 1.79 bits per heavy atom. The molecule has 2 heterocycles. The number of para-hydroxylation sites is 1. The van der Waals surface area contributed by atoms with E-state index in [4.69, 9.17) is 27.9 Å². The summed E-state index contributed by atoms with van der Waals surface area (Å²) in [5.41, 5.74) is -0.441. The first-order valence-corrected chi connectivity index (χ1v) is 10.7. The molecule has 0 atom stereocenters. The van der Waals surface area contributed by atoms with Crippen LogP contribution in [0.3, 0.4) is 0 Å². The van der Waals surface area contributed by atoms with Gasteiger partial charge < -0.3 is 15.0 Å². The number of hydrogen-bond donors (Lipinski definition) is 2. The maximum atomic E-state index is 13.0. The molecule has 0 spiro atoms. The van der Waals surface area contributed by atoms with Gasteiger partial charge >= 0.3 is 5.69 Å². The number of hydrogen-bond acceptors (Lipinski definition) is 7. The first kappa shape index (κ1) is 22.8. The molecule has 2 aromatic carbocycles. The van der Waals surface area contributed by atoms with Crippen molar-refractivity contribution in [3.63, 3.8) is 0 Å². The van der Waals surface area contributed by atoms with Gasteiger partial charge in [-0.3, -0.25) is 9.78 Å². The van der Waals surface area contributed by atoms with Crippen LogP contribution in [-0.2, 0) is 0 Å². The number of ether oxygens (including phenoxy) is 1. The molecule has 0 bridgehead atoms. The van der Waals surface area contributed by atoms with Crippen molar-refractivity contribution in [1.29, 1.82) is 0 Å². The molecule has 9 nitrogen and oxygen atoms in total. The summed E-state index contributed by atoms with van der Waals surface area (Å²) >= 11 is 12.4. The van der Waals surface area contributed by atoms with Gasteiger partial charge in [0.05, 0.1) is 15.7 Å². The van der Waals surface area contributed by atoms with Crippen molar-refractivity contribution >= 4 is 45.9 Å². The van der Waals surface area contributed by atoms with Gasteiger partial charge in [0.25, 0.3) is 5.56 Å². The Balaban J connectivity index is 1.61. The number of H-pyrrole nitrogens is 1.